The molecular weight excluding hydrogens is 391 g/mol. The molecule has 2 fully saturated rings. The van der Waals surface area contributed by atoms with Gasteiger partial charge in [0.25, 0.3) is 0 Å². The van der Waals surface area contributed by atoms with Gasteiger partial charge >= 0.3 is 0 Å². The van der Waals surface area contributed by atoms with Crippen LogP contribution in [0.2, 0.25) is 0 Å². The second-order valence-electron chi connectivity index (χ2n) is 8.49. The van der Waals surface area contributed by atoms with E-state index in [4.69, 9.17) is 9.84 Å². The number of halogens is 1. The lowest BCUT2D eigenvalue weighted by atomic mass is 9.99. The summed E-state index contributed by atoms with van der Waals surface area (Å²) in [6.07, 6.45) is 6.95. The van der Waals surface area contributed by atoms with E-state index in [1.807, 2.05) is 24.3 Å². The van der Waals surface area contributed by atoms with Crippen LogP contribution in [0, 0.1) is 5.82 Å². The normalized spacial score (nSPS) is 18.9. The summed E-state index contributed by atoms with van der Waals surface area (Å²) in [7, 11) is 0. The standard InChI is InChI=1S/C25H29FN4O/c26-23-3-1-2-4-25(23)31-22-7-5-19(6-8-22)24-13-18-30(28-24)21-11-16-29(17-12-21)20-9-14-27-15-10-20/h1-8,13,18,20-21,27H,9-12,14-17H2. The van der Waals surface area contributed by atoms with Crippen molar-refractivity contribution < 1.29 is 9.13 Å². The molecule has 0 aliphatic carbocycles. The fourth-order valence-electron chi connectivity index (χ4n) is 4.73. The van der Waals surface area contributed by atoms with Crippen LogP contribution in [0.4, 0.5) is 4.39 Å². The van der Waals surface area contributed by atoms with Crippen LogP contribution in [0.15, 0.2) is 60.8 Å². The van der Waals surface area contributed by atoms with E-state index in [2.05, 4.69) is 27.2 Å². The van der Waals surface area contributed by atoms with Gasteiger partial charge in [0.1, 0.15) is 5.75 Å². The lowest BCUT2D eigenvalue weighted by Gasteiger charge is -2.39. The number of hydrogen-bond donors (Lipinski definition) is 1. The number of aromatic nitrogens is 2. The van der Waals surface area contributed by atoms with E-state index in [-0.39, 0.29) is 11.6 Å². The molecule has 162 valence electrons. The smallest absolute Gasteiger partial charge is 0.165 e. The molecule has 3 aromatic rings. The van der Waals surface area contributed by atoms with E-state index in [9.17, 15) is 4.39 Å². The van der Waals surface area contributed by atoms with Crippen LogP contribution >= 0.6 is 0 Å². The highest BCUT2D eigenvalue weighted by Gasteiger charge is 2.27. The van der Waals surface area contributed by atoms with Crippen LogP contribution in [-0.4, -0.2) is 46.9 Å². The van der Waals surface area contributed by atoms with Crippen molar-refractivity contribution in [1.29, 1.82) is 0 Å². The summed E-state index contributed by atoms with van der Waals surface area (Å²) in [5.41, 5.74) is 1.99. The summed E-state index contributed by atoms with van der Waals surface area (Å²) < 4.78 is 21.6. The van der Waals surface area contributed by atoms with Gasteiger partial charge in [0.15, 0.2) is 11.6 Å². The highest BCUT2D eigenvalue weighted by atomic mass is 19.1. The van der Waals surface area contributed by atoms with E-state index >= 15 is 0 Å². The summed E-state index contributed by atoms with van der Waals surface area (Å²) in [6, 6.07) is 17.4. The van der Waals surface area contributed by atoms with Gasteiger partial charge < -0.3 is 15.0 Å². The van der Waals surface area contributed by atoms with Gasteiger partial charge in [0.2, 0.25) is 0 Å². The molecule has 31 heavy (non-hydrogen) atoms. The average Bonchev–Trinajstić information content (AvgIpc) is 3.32. The third-order valence-corrected chi connectivity index (χ3v) is 6.52. The van der Waals surface area contributed by atoms with E-state index in [0.717, 1.165) is 56.3 Å². The molecule has 0 unspecified atom stereocenters. The van der Waals surface area contributed by atoms with Gasteiger partial charge in [0, 0.05) is 30.9 Å². The summed E-state index contributed by atoms with van der Waals surface area (Å²) in [5, 5.41) is 8.32. The number of hydrogen-bond acceptors (Lipinski definition) is 4. The maximum absolute atomic E-state index is 13.8. The molecule has 2 aliphatic heterocycles. The second-order valence-corrected chi connectivity index (χ2v) is 8.49. The minimum atomic E-state index is -0.364. The van der Waals surface area contributed by atoms with Crippen molar-refractivity contribution in [1.82, 2.24) is 20.0 Å². The number of rotatable bonds is 5. The number of nitrogens with one attached hydrogen (secondary N) is 1. The second kappa shape index (κ2) is 9.20. The Morgan fingerprint density at radius 3 is 2.35 bits per heavy atom. The third kappa shape index (κ3) is 4.65. The third-order valence-electron chi connectivity index (χ3n) is 6.52. The molecule has 5 rings (SSSR count). The largest absolute Gasteiger partial charge is 0.454 e. The van der Waals surface area contributed by atoms with Gasteiger partial charge in [-0.05, 0) is 81.2 Å². The van der Waals surface area contributed by atoms with Crippen molar-refractivity contribution in [2.45, 2.75) is 37.8 Å². The van der Waals surface area contributed by atoms with Gasteiger partial charge in [-0.3, -0.25) is 4.68 Å². The predicted octanol–water partition coefficient (Wildman–Crippen LogP) is 4.87. The average molecular weight is 421 g/mol. The van der Waals surface area contributed by atoms with Crippen molar-refractivity contribution in [3.8, 4) is 22.8 Å². The van der Waals surface area contributed by atoms with Gasteiger partial charge in [-0.1, -0.05) is 12.1 Å². The molecule has 2 aliphatic rings. The Morgan fingerprint density at radius 1 is 0.871 bits per heavy atom. The molecule has 0 spiro atoms. The Bertz CT molecular complexity index is 989. The first kappa shape index (κ1) is 20.2. The summed E-state index contributed by atoms with van der Waals surface area (Å²) in [6.45, 7) is 4.62. The van der Waals surface area contributed by atoms with Gasteiger partial charge in [-0.25, -0.2) is 4.39 Å². The van der Waals surface area contributed by atoms with Crippen molar-refractivity contribution >= 4 is 0 Å². The van der Waals surface area contributed by atoms with Crippen LogP contribution in [0.25, 0.3) is 11.3 Å². The van der Waals surface area contributed by atoms with Crippen LogP contribution in [0.5, 0.6) is 11.5 Å². The fourth-order valence-corrected chi connectivity index (χ4v) is 4.73. The van der Waals surface area contributed by atoms with Crippen molar-refractivity contribution in [3.05, 3.63) is 66.6 Å². The van der Waals surface area contributed by atoms with Crippen molar-refractivity contribution in [2.24, 2.45) is 0 Å². The van der Waals surface area contributed by atoms with Gasteiger partial charge in [-0.15, -0.1) is 0 Å². The topological polar surface area (TPSA) is 42.3 Å². The molecule has 0 radical (unpaired) electrons. The summed E-state index contributed by atoms with van der Waals surface area (Å²) in [4.78, 5) is 2.68. The zero-order valence-electron chi connectivity index (χ0n) is 17.7. The number of para-hydroxylation sites is 1. The quantitative estimate of drug-likeness (QED) is 0.639. The molecule has 5 nitrogen and oxygen atoms in total. The Morgan fingerprint density at radius 2 is 1.61 bits per heavy atom. The number of nitrogens with zero attached hydrogens (tertiary/aromatic N) is 3. The predicted molar refractivity (Wildman–Crippen MR) is 120 cm³/mol. The number of benzene rings is 2. The number of likely N-dealkylation sites (tertiary alicyclic amines) is 1. The molecule has 0 saturated carbocycles. The maximum atomic E-state index is 13.8. The van der Waals surface area contributed by atoms with Crippen molar-refractivity contribution in [2.75, 3.05) is 26.2 Å². The van der Waals surface area contributed by atoms with Crippen molar-refractivity contribution in [3.63, 3.8) is 0 Å². The van der Waals surface area contributed by atoms with E-state index in [1.165, 1.54) is 18.9 Å². The fraction of sp³-hybridized carbons (Fsp3) is 0.400. The Hall–Kier alpha value is -2.70. The van der Waals surface area contributed by atoms with E-state index in [0.29, 0.717) is 11.8 Å². The molecular formula is C25H29FN4O. The van der Waals surface area contributed by atoms with E-state index in [1.54, 1.807) is 18.2 Å². The first-order valence-electron chi connectivity index (χ1n) is 11.3. The SMILES string of the molecule is Fc1ccccc1Oc1ccc(-c2ccn(C3CCN(C4CCNCC4)CC3)n2)cc1. The lowest BCUT2D eigenvalue weighted by molar-refractivity contribution is 0.110. The molecule has 1 aromatic heterocycles. The monoisotopic (exact) mass is 420 g/mol. The minimum absolute atomic E-state index is 0.232. The lowest BCUT2D eigenvalue weighted by Crippen LogP contribution is -2.46. The molecule has 0 amide bonds. The molecule has 2 aromatic carbocycles. The first-order valence-corrected chi connectivity index (χ1v) is 11.3. The van der Waals surface area contributed by atoms with Crippen LogP contribution in [-0.2, 0) is 0 Å². The Kier molecular flexibility index (Phi) is 6.00. The summed E-state index contributed by atoms with van der Waals surface area (Å²) >= 11 is 0. The van der Waals surface area contributed by atoms with Gasteiger partial charge in [-0.2, -0.15) is 5.10 Å². The molecule has 0 bridgehead atoms. The highest BCUT2D eigenvalue weighted by molar-refractivity contribution is 5.59. The molecule has 2 saturated heterocycles. The Balaban J connectivity index is 1.20. The van der Waals surface area contributed by atoms with Crippen LogP contribution < -0.4 is 10.1 Å². The Labute approximate surface area is 182 Å². The molecule has 6 heteroatoms. The minimum Gasteiger partial charge on any atom is -0.454 e. The molecule has 0 atom stereocenters. The first-order chi connectivity index (χ1) is 15.3. The zero-order valence-corrected chi connectivity index (χ0v) is 17.7. The number of ether oxygens (including phenoxy) is 1. The van der Waals surface area contributed by atoms with Gasteiger partial charge in [0.05, 0.1) is 11.7 Å². The molecule has 1 N–H and O–H groups in total. The molecule has 3 heterocycles. The van der Waals surface area contributed by atoms with Crippen LogP contribution in [0.3, 0.4) is 0 Å². The van der Waals surface area contributed by atoms with E-state index < -0.39 is 0 Å². The zero-order chi connectivity index (χ0) is 21.0. The number of piperidine rings is 2. The highest BCUT2D eigenvalue weighted by Crippen LogP contribution is 2.29. The van der Waals surface area contributed by atoms with Crippen LogP contribution in [0.1, 0.15) is 31.7 Å². The summed E-state index contributed by atoms with van der Waals surface area (Å²) in [5.74, 6) is 0.477. The maximum Gasteiger partial charge on any atom is 0.165 e.